The van der Waals surface area contributed by atoms with Gasteiger partial charge in [-0.05, 0) is 18.4 Å². The van der Waals surface area contributed by atoms with Crippen LogP contribution in [0.5, 0.6) is 0 Å². The van der Waals surface area contributed by atoms with Gasteiger partial charge in [0.25, 0.3) is 0 Å². The Hall–Kier alpha value is -0.520. The number of aliphatic hydroxyl groups excluding tert-OH is 1. The van der Waals surface area contributed by atoms with Gasteiger partial charge in [0.05, 0.1) is 11.9 Å². The quantitative estimate of drug-likeness (QED) is 0.847. The number of carbonyl (C=O) groups is 1. The Bertz CT molecular complexity index is 312. The first-order valence-corrected chi connectivity index (χ1v) is 7.15. The van der Waals surface area contributed by atoms with Crippen molar-refractivity contribution in [3.05, 3.63) is 22.4 Å². The molecule has 1 rings (SSSR count). The van der Waals surface area contributed by atoms with Crippen molar-refractivity contribution in [3.63, 3.8) is 0 Å². The number of amides is 1. The van der Waals surface area contributed by atoms with Crippen molar-refractivity contribution in [2.75, 3.05) is 19.3 Å². The first-order valence-electron chi connectivity index (χ1n) is 5.11. The Morgan fingerprint density at radius 3 is 3.00 bits per heavy atom. The van der Waals surface area contributed by atoms with Crippen molar-refractivity contribution >= 4 is 29.0 Å². The number of aliphatic hydroxyl groups is 1. The third-order valence-corrected chi connectivity index (χ3v) is 4.04. The molecule has 0 fully saturated rings. The Morgan fingerprint density at radius 1 is 1.69 bits per heavy atom. The van der Waals surface area contributed by atoms with Crippen LogP contribution in [-0.2, 0) is 10.5 Å². The second kappa shape index (κ2) is 6.93. The summed E-state index contributed by atoms with van der Waals surface area (Å²) < 4.78 is 0. The number of hydrogen-bond donors (Lipinski definition) is 1. The zero-order valence-electron chi connectivity index (χ0n) is 9.55. The zero-order chi connectivity index (χ0) is 12.0. The van der Waals surface area contributed by atoms with E-state index in [0.717, 1.165) is 5.75 Å². The number of nitrogens with zero attached hydrogens (tertiary/aromatic N) is 1. The van der Waals surface area contributed by atoms with Gasteiger partial charge in [-0.15, -0.1) is 23.1 Å². The number of thiophene rings is 1. The molecule has 1 aromatic rings. The summed E-state index contributed by atoms with van der Waals surface area (Å²) in [5, 5.41) is 11.2. The van der Waals surface area contributed by atoms with Crippen LogP contribution in [0.25, 0.3) is 0 Å². The van der Waals surface area contributed by atoms with Gasteiger partial charge in [-0.3, -0.25) is 4.79 Å². The molecule has 0 saturated heterocycles. The number of likely N-dealkylation sites (N-methyl/N-ethyl adjacent to an activating group) is 1. The van der Waals surface area contributed by atoms with E-state index >= 15 is 0 Å². The lowest BCUT2D eigenvalue weighted by atomic mass is 10.4. The monoisotopic (exact) mass is 259 g/mol. The molecule has 1 atom stereocenters. The second-order valence-corrected chi connectivity index (χ2v) is 5.71. The fraction of sp³-hybridized carbons (Fsp3) is 0.545. The van der Waals surface area contributed by atoms with E-state index in [9.17, 15) is 4.79 Å². The number of carbonyl (C=O) groups excluding carboxylic acids is 1. The molecule has 0 spiro atoms. The van der Waals surface area contributed by atoms with Crippen LogP contribution in [0.1, 0.15) is 11.8 Å². The van der Waals surface area contributed by atoms with Gasteiger partial charge in [0.2, 0.25) is 5.91 Å². The van der Waals surface area contributed by atoms with Crippen LogP contribution < -0.4 is 0 Å². The van der Waals surface area contributed by atoms with Gasteiger partial charge >= 0.3 is 0 Å². The van der Waals surface area contributed by atoms with E-state index in [1.165, 1.54) is 4.88 Å². The lowest BCUT2D eigenvalue weighted by molar-refractivity contribution is -0.128. The van der Waals surface area contributed by atoms with Gasteiger partial charge in [-0.25, -0.2) is 0 Å². The highest BCUT2D eigenvalue weighted by Gasteiger charge is 2.10. The maximum absolute atomic E-state index is 11.6. The molecular weight excluding hydrogens is 242 g/mol. The van der Waals surface area contributed by atoms with Crippen LogP contribution >= 0.6 is 23.1 Å². The molecule has 1 aromatic heterocycles. The smallest absolute Gasteiger partial charge is 0.232 e. The van der Waals surface area contributed by atoms with E-state index in [4.69, 9.17) is 5.11 Å². The maximum atomic E-state index is 11.6. The van der Waals surface area contributed by atoms with E-state index < -0.39 is 6.10 Å². The summed E-state index contributed by atoms with van der Waals surface area (Å²) in [6, 6.07) is 4.09. The summed E-state index contributed by atoms with van der Waals surface area (Å²) in [5.41, 5.74) is 0. The van der Waals surface area contributed by atoms with Crippen LogP contribution in [0.15, 0.2) is 17.5 Å². The average molecular weight is 259 g/mol. The molecule has 3 nitrogen and oxygen atoms in total. The standard InChI is InChI=1S/C11H17NO2S2/c1-9(13)6-12(2)11(14)8-15-7-10-4-3-5-16-10/h3-5,9,13H,6-8H2,1-2H3. The fourth-order valence-electron chi connectivity index (χ4n) is 1.24. The maximum Gasteiger partial charge on any atom is 0.232 e. The largest absolute Gasteiger partial charge is 0.392 e. The molecule has 0 saturated carbocycles. The zero-order valence-corrected chi connectivity index (χ0v) is 11.2. The predicted molar refractivity (Wildman–Crippen MR) is 69.8 cm³/mol. The molecule has 0 aliphatic heterocycles. The molecule has 1 unspecified atom stereocenters. The van der Waals surface area contributed by atoms with E-state index in [1.807, 2.05) is 11.4 Å². The van der Waals surface area contributed by atoms with E-state index in [0.29, 0.717) is 12.3 Å². The summed E-state index contributed by atoms with van der Waals surface area (Å²) in [7, 11) is 1.72. The van der Waals surface area contributed by atoms with Gasteiger partial charge in [-0.1, -0.05) is 6.07 Å². The van der Waals surface area contributed by atoms with Crippen LogP contribution in [-0.4, -0.2) is 41.4 Å². The number of rotatable bonds is 6. The number of hydrogen-bond acceptors (Lipinski definition) is 4. The predicted octanol–water partition coefficient (Wildman–Crippen LogP) is 1.82. The Kier molecular flexibility index (Phi) is 5.87. The first-order chi connectivity index (χ1) is 7.59. The van der Waals surface area contributed by atoms with Crippen LogP contribution in [0.4, 0.5) is 0 Å². The van der Waals surface area contributed by atoms with E-state index in [-0.39, 0.29) is 5.91 Å². The molecule has 0 radical (unpaired) electrons. The highest BCUT2D eigenvalue weighted by atomic mass is 32.2. The molecule has 0 aliphatic rings. The van der Waals surface area contributed by atoms with Gasteiger partial charge in [0.1, 0.15) is 0 Å². The molecule has 5 heteroatoms. The normalized spacial score (nSPS) is 12.4. The van der Waals surface area contributed by atoms with Gasteiger partial charge in [0.15, 0.2) is 0 Å². The highest BCUT2D eigenvalue weighted by molar-refractivity contribution is 7.99. The molecule has 1 heterocycles. The Balaban J connectivity index is 2.19. The van der Waals surface area contributed by atoms with Crippen molar-refractivity contribution in [2.24, 2.45) is 0 Å². The Morgan fingerprint density at radius 2 is 2.44 bits per heavy atom. The van der Waals surface area contributed by atoms with E-state index in [1.54, 1.807) is 42.0 Å². The molecular formula is C11H17NO2S2. The molecule has 1 amide bonds. The van der Waals surface area contributed by atoms with Crippen molar-refractivity contribution in [1.82, 2.24) is 4.90 Å². The van der Waals surface area contributed by atoms with Crippen molar-refractivity contribution in [1.29, 1.82) is 0 Å². The average Bonchev–Trinajstić information content (AvgIpc) is 2.69. The molecule has 1 N–H and O–H groups in total. The fourth-order valence-corrected chi connectivity index (χ4v) is 3.05. The number of thioether (sulfide) groups is 1. The second-order valence-electron chi connectivity index (χ2n) is 3.70. The minimum absolute atomic E-state index is 0.0717. The summed E-state index contributed by atoms with van der Waals surface area (Å²) >= 11 is 3.32. The first kappa shape index (κ1) is 13.5. The van der Waals surface area contributed by atoms with Gasteiger partial charge in [0, 0.05) is 24.2 Å². The lowest BCUT2D eigenvalue weighted by Gasteiger charge is -2.18. The minimum Gasteiger partial charge on any atom is -0.392 e. The van der Waals surface area contributed by atoms with Crippen molar-refractivity contribution in [2.45, 2.75) is 18.8 Å². The Labute approximate surface area is 104 Å². The van der Waals surface area contributed by atoms with E-state index in [2.05, 4.69) is 6.07 Å². The lowest BCUT2D eigenvalue weighted by Crippen LogP contribution is -2.34. The van der Waals surface area contributed by atoms with Crippen molar-refractivity contribution in [3.8, 4) is 0 Å². The molecule has 90 valence electrons. The van der Waals surface area contributed by atoms with Crippen molar-refractivity contribution < 1.29 is 9.90 Å². The summed E-state index contributed by atoms with van der Waals surface area (Å²) in [5.74, 6) is 1.43. The van der Waals surface area contributed by atoms with Gasteiger partial charge < -0.3 is 10.0 Å². The third kappa shape index (κ3) is 5.01. The minimum atomic E-state index is -0.462. The summed E-state index contributed by atoms with van der Waals surface area (Å²) in [6.45, 7) is 2.08. The summed E-state index contributed by atoms with van der Waals surface area (Å²) in [4.78, 5) is 14.5. The molecule has 0 bridgehead atoms. The summed E-state index contributed by atoms with van der Waals surface area (Å²) in [6.07, 6.45) is -0.462. The SMILES string of the molecule is CC(O)CN(C)C(=O)CSCc1cccs1. The molecule has 16 heavy (non-hydrogen) atoms. The molecule has 0 aliphatic carbocycles. The van der Waals surface area contributed by atoms with Crippen LogP contribution in [0.3, 0.4) is 0 Å². The molecule has 0 aromatic carbocycles. The third-order valence-electron chi connectivity index (χ3n) is 2.01. The highest BCUT2D eigenvalue weighted by Crippen LogP contribution is 2.17. The van der Waals surface area contributed by atoms with Crippen LogP contribution in [0, 0.1) is 0 Å². The van der Waals surface area contributed by atoms with Gasteiger partial charge in [-0.2, -0.15) is 0 Å². The van der Waals surface area contributed by atoms with Crippen LogP contribution in [0.2, 0.25) is 0 Å². The topological polar surface area (TPSA) is 40.5 Å².